The summed E-state index contributed by atoms with van der Waals surface area (Å²) in [6, 6.07) is 17.3. The lowest BCUT2D eigenvalue weighted by Crippen LogP contribution is -2.41. The first kappa shape index (κ1) is 20.0. The van der Waals surface area contributed by atoms with Gasteiger partial charge in [0.1, 0.15) is 17.3 Å². The quantitative estimate of drug-likeness (QED) is 0.592. The third kappa shape index (κ3) is 5.00. The molecule has 1 aliphatic rings. The van der Waals surface area contributed by atoms with Gasteiger partial charge in [-0.1, -0.05) is 30.3 Å². The van der Waals surface area contributed by atoms with Crippen LogP contribution in [0.1, 0.15) is 36.0 Å². The van der Waals surface area contributed by atoms with Gasteiger partial charge in [0.05, 0.1) is 19.2 Å². The van der Waals surface area contributed by atoms with Gasteiger partial charge in [-0.05, 0) is 42.7 Å². The minimum Gasteiger partial charge on any atom is -0.497 e. The lowest BCUT2D eigenvalue weighted by atomic mass is 9.98. The Kier molecular flexibility index (Phi) is 6.32. The zero-order valence-corrected chi connectivity index (χ0v) is 17.1. The molecule has 2 aromatic carbocycles. The number of piperidine rings is 1. The molecule has 1 aromatic heterocycles. The molecule has 0 spiro atoms. The maximum Gasteiger partial charge on any atom is 0.260 e. The monoisotopic (exact) mass is 406 g/mol. The smallest absolute Gasteiger partial charge is 0.260 e. The molecular weight excluding hydrogens is 380 g/mol. The number of methoxy groups -OCH3 is 1. The van der Waals surface area contributed by atoms with E-state index >= 15 is 0 Å². The van der Waals surface area contributed by atoms with Crippen molar-refractivity contribution >= 4 is 5.91 Å². The fourth-order valence-corrected chi connectivity index (χ4v) is 3.70. The molecule has 0 N–H and O–H groups in total. The topological polar surface area (TPSA) is 64.8 Å². The van der Waals surface area contributed by atoms with Crippen LogP contribution in [0.5, 0.6) is 11.5 Å². The Morgan fingerprint density at radius 1 is 1.13 bits per heavy atom. The summed E-state index contributed by atoms with van der Waals surface area (Å²) in [4.78, 5) is 18.9. The number of likely N-dealkylation sites (tertiary alicyclic amines) is 1. The number of ether oxygens (including phenoxy) is 2. The van der Waals surface area contributed by atoms with Gasteiger partial charge in [-0.2, -0.15) is 0 Å². The number of rotatable bonds is 7. The first-order valence-corrected chi connectivity index (χ1v) is 10.2. The molecule has 1 atom stereocenters. The number of oxazole rings is 1. The minimum atomic E-state index is -0.00596. The van der Waals surface area contributed by atoms with Gasteiger partial charge in [-0.3, -0.25) is 4.79 Å². The maximum absolute atomic E-state index is 12.6. The van der Waals surface area contributed by atoms with E-state index in [0.29, 0.717) is 24.6 Å². The second kappa shape index (κ2) is 9.48. The Morgan fingerprint density at radius 3 is 2.70 bits per heavy atom. The maximum atomic E-state index is 12.6. The molecule has 1 fully saturated rings. The summed E-state index contributed by atoms with van der Waals surface area (Å²) in [6.45, 7) is 1.40. The molecule has 0 saturated carbocycles. The standard InChI is InChI=1S/C24H26N2O4/c1-28-20-11-9-18(10-12-20)14-22-15-25-24(30-22)19-6-5-13-26(16-19)23(27)17-29-21-7-3-2-4-8-21/h2-4,7-12,15,19H,5-6,13-14,16-17H2,1H3/t19-/m0/s1. The SMILES string of the molecule is COc1ccc(Cc2cnc([C@H]3CCCN(C(=O)COc4ccccc4)C3)o2)cc1. The molecule has 4 rings (SSSR count). The zero-order chi connectivity index (χ0) is 20.8. The second-order valence-corrected chi connectivity index (χ2v) is 7.47. The highest BCUT2D eigenvalue weighted by molar-refractivity contribution is 5.78. The zero-order valence-electron chi connectivity index (χ0n) is 17.1. The van der Waals surface area contributed by atoms with Crippen LogP contribution in [0.2, 0.25) is 0 Å². The highest BCUT2D eigenvalue weighted by atomic mass is 16.5. The molecule has 30 heavy (non-hydrogen) atoms. The Balaban J connectivity index is 1.33. The van der Waals surface area contributed by atoms with Crippen LogP contribution in [0.4, 0.5) is 0 Å². The highest BCUT2D eigenvalue weighted by Gasteiger charge is 2.28. The summed E-state index contributed by atoms with van der Waals surface area (Å²) in [6.07, 6.45) is 4.36. The van der Waals surface area contributed by atoms with Gasteiger partial charge in [0.2, 0.25) is 0 Å². The van der Waals surface area contributed by atoms with Crippen LogP contribution in [0.3, 0.4) is 0 Å². The molecule has 3 aromatic rings. The Labute approximate surface area is 176 Å². The van der Waals surface area contributed by atoms with Gasteiger partial charge in [-0.15, -0.1) is 0 Å². The second-order valence-electron chi connectivity index (χ2n) is 7.47. The molecule has 2 heterocycles. The van der Waals surface area contributed by atoms with E-state index in [9.17, 15) is 4.79 Å². The van der Waals surface area contributed by atoms with Crippen LogP contribution in [0, 0.1) is 0 Å². The summed E-state index contributed by atoms with van der Waals surface area (Å²) >= 11 is 0. The lowest BCUT2D eigenvalue weighted by Gasteiger charge is -2.31. The molecule has 1 aliphatic heterocycles. The van der Waals surface area contributed by atoms with Gasteiger partial charge >= 0.3 is 0 Å². The molecule has 1 amide bonds. The number of para-hydroxylation sites is 1. The van der Waals surface area contributed by atoms with Crippen LogP contribution < -0.4 is 9.47 Å². The Morgan fingerprint density at radius 2 is 1.93 bits per heavy atom. The van der Waals surface area contributed by atoms with Gasteiger partial charge in [-0.25, -0.2) is 4.98 Å². The summed E-state index contributed by atoms with van der Waals surface area (Å²) < 4.78 is 16.8. The van der Waals surface area contributed by atoms with Crippen LogP contribution in [-0.2, 0) is 11.2 Å². The molecule has 0 unspecified atom stereocenters. The van der Waals surface area contributed by atoms with Crippen molar-refractivity contribution in [1.82, 2.24) is 9.88 Å². The molecule has 0 aliphatic carbocycles. The predicted octanol–water partition coefficient (Wildman–Crippen LogP) is 4.06. The number of aromatic nitrogens is 1. The van der Waals surface area contributed by atoms with Gasteiger partial charge < -0.3 is 18.8 Å². The number of hydrogen-bond donors (Lipinski definition) is 0. The van der Waals surface area contributed by atoms with Crippen molar-refractivity contribution in [1.29, 1.82) is 0 Å². The number of hydrogen-bond acceptors (Lipinski definition) is 5. The van der Waals surface area contributed by atoms with Crippen LogP contribution in [-0.4, -0.2) is 42.6 Å². The van der Waals surface area contributed by atoms with Gasteiger partial charge in [0.15, 0.2) is 12.5 Å². The molecule has 6 nitrogen and oxygen atoms in total. The van der Waals surface area contributed by atoms with Crippen molar-refractivity contribution < 1.29 is 18.7 Å². The minimum absolute atomic E-state index is 0.00596. The predicted molar refractivity (Wildman–Crippen MR) is 113 cm³/mol. The van der Waals surface area contributed by atoms with E-state index in [1.165, 1.54) is 0 Å². The Bertz CT molecular complexity index is 953. The third-order valence-electron chi connectivity index (χ3n) is 5.34. The van der Waals surface area contributed by atoms with Crippen molar-refractivity contribution in [3.63, 3.8) is 0 Å². The number of amides is 1. The van der Waals surface area contributed by atoms with Gasteiger partial charge in [0, 0.05) is 19.5 Å². The summed E-state index contributed by atoms with van der Waals surface area (Å²) in [5.41, 5.74) is 1.14. The molecule has 1 saturated heterocycles. The fraction of sp³-hybridized carbons (Fsp3) is 0.333. The Hall–Kier alpha value is -3.28. The summed E-state index contributed by atoms with van der Waals surface area (Å²) in [7, 11) is 1.66. The number of carbonyl (C=O) groups is 1. The largest absolute Gasteiger partial charge is 0.497 e. The normalized spacial score (nSPS) is 16.3. The first-order chi connectivity index (χ1) is 14.7. The average molecular weight is 406 g/mol. The van der Waals surface area contributed by atoms with Crippen LogP contribution >= 0.6 is 0 Å². The molecule has 0 radical (unpaired) electrons. The van der Waals surface area contributed by atoms with E-state index in [4.69, 9.17) is 13.9 Å². The molecule has 6 heteroatoms. The number of carbonyl (C=O) groups excluding carboxylic acids is 1. The van der Waals surface area contributed by atoms with E-state index in [-0.39, 0.29) is 18.4 Å². The van der Waals surface area contributed by atoms with E-state index < -0.39 is 0 Å². The summed E-state index contributed by atoms with van der Waals surface area (Å²) in [5, 5.41) is 0. The van der Waals surface area contributed by atoms with Crippen molar-refractivity contribution in [2.75, 3.05) is 26.8 Å². The van der Waals surface area contributed by atoms with E-state index in [1.54, 1.807) is 13.3 Å². The highest BCUT2D eigenvalue weighted by Crippen LogP contribution is 2.27. The van der Waals surface area contributed by atoms with E-state index in [1.807, 2.05) is 59.5 Å². The van der Waals surface area contributed by atoms with E-state index in [2.05, 4.69) is 4.98 Å². The molecule has 156 valence electrons. The molecule has 0 bridgehead atoms. The van der Waals surface area contributed by atoms with Crippen molar-refractivity contribution in [3.05, 3.63) is 78.0 Å². The fourth-order valence-electron chi connectivity index (χ4n) is 3.70. The van der Waals surface area contributed by atoms with E-state index in [0.717, 1.165) is 36.5 Å². The summed E-state index contributed by atoms with van der Waals surface area (Å²) in [5.74, 6) is 3.18. The first-order valence-electron chi connectivity index (χ1n) is 10.2. The van der Waals surface area contributed by atoms with Crippen LogP contribution in [0.25, 0.3) is 0 Å². The third-order valence-corrected chi connectivity index (χ3v) is 5.34. The van der Waals surface area contributed by atoms with Crippen molar-refractivity contribution in [2.45, 2.75) is 25.2 Å². The molecular formula is C24H26N2O4. The van der Waals surface area contributed by atoms with Crippen molar-refractivity contribution in [3.8, 4) is 11.5 Å². The lowest BCUT2D eigenvalue weighted by molar-refractivity contribution is -0.134. The average Bonchev–Trinajstić information content (AvgIpc) is 3.27. The van der Waals surface area contributed by atoms with Gasteiger partial charge in [0.25, 0.3) is 5.91 Å². The number of benzene rings is 2. The van der Waals surface area contributed by atoms with Crippen molar-refractivity contribution in [2.24, 2.45) is 0 Å². The van der Waals surface area contributed by atoms with Crippen LogP contribution in [0.15, 0.2) is 65.2 Å². The number of nitrogens with zero attached hydrogens (tertiary/aromatic N) is 2.